The second-order valence-corrected chi connectivity index (χ2v) is 6.64. The van der Waals surface area contributed by atoms with E-state index < -0.39 is 4.92 Å². The lowest BCUT2D eigenvalue weighted by Gasteiger charge is -2.34. The van der Waals surface area contributed by atoms with Gasteiger partial charge in [0.1, 0.15) is 17.6 Å². The predicted molar refractivity (Wildman–Crippen MR) is 100 cm³/mol. The molecule has 0 saturated carbocycles. The van der Waals surface area contributed by atoms with E-state index >= 15 is 0 Å². The molecule has 2 aromatic heterocycles. The van der Waals surface area contributed by atoms with Gasteiger partial charge in [-0.2, -0.15) is 0 Å². The van der Waals surface area contributed by atoms with Gasteiger partial charge in [-0.1, -0.05) is 11.6 Å². The van der Waals surface area contributed by atoms with E-state index in [1.165, 1.54) is 12.3 Å². The number of aromatic nitrogens is 1. The summed E-state index contributed by atoms with van der Waals surface area (Å²) in [5.74, 6) is 0.777. The normalized spacial score (nSPS) is 14.6. The molecular weight excluding hydrogens is 372 g/mol. The van der Waals surface area contributed by atoms with Crippen LogP contribution in [0.5, 0.6) is 0 Å². The molecule has 4 rings (SSSR count). The van der Waals surface area contributed by atoms with Crippen molar-refractivity contribution in [2.24, 2.45) is 0 Å². The maximum absolute atomic E-state index is 12.7. The number of hydrogen-bond acceptors (Lipinski definition) is 6. The quantitative estimate of drug-likeness (QED) is 0.506. The number of amides is 1. The van der Waals surface area contributed by atoms with Crippen LogP contribution in [0.25, 0.3) is 11.0 Å². The number of piperazine rings is 1. The van der Waals surface area contributed by atoms with E-state index in [1.54, 1.807) is 35.2 Å². The first-order chi connectivity index (χ1) is 13.0. The summed E-state index contributed by atoms with van der Waals surface area (Å²) in [6.45, 7) is 2.19. The summed E-state index contributed by atoms with van der Waals surface area (Å²) < 4.78 is 5.65. The van der Waals surface area contributed by atoms with Gasteiger partial charge < -0.3 is 14.2 Å². The average molecular weight is 387 g/mol. The summed E-state index contributed by atoms with van der Waals surface area (Å²) in [5.41, 5.74) is 0.578. The van der Waals surface area contributed by atoms with Gasteiger partial charge >= 0.3 is 0 Å². The highest BCUT2D eigenvalue weighted by Gasteiger charge is 2.25. The Kier molecular flexibility index (Phi) is 4.41. The minimum atomic E-state index is -0.478. The molecule has 1 aliphatic rings. The number of nitro groups is 1. The summed E-state index contributed by atoms with van der Waals surface area (Å²) in [6, 6.07) is 9.98. The van der Waals surface area contributed by atoms with Crippen LogP contribution in [-0.2, 0) is 0 Å². The van der Waals surface area contributed by atoms with E-state index in [1.807, 2.05) is 4.90 Å². The topological polar surface area (TPSA) is 92.7 Å². The highest BCUT2D eigenvalue weighted by molar-refractivity contribution is 6.31. The molecule has 27 heavy (non-hydrogen) atoms. The monoisotopic (exact) mass is 386 g/mol. The average Bonchev–Trinajstić information content (AvgIpc) is 3.11. The molecule has 0 unspecified atom stereocenters. The molecule has 3 heterocycles. The number of halogens is 1. The van der Waals surface area contributed by atoms with Crippen LogP contribution in [0.2, 0.25) is 5.02 Å². The summed E-state index contributed by atoms with van der Waals surface area (Å²) in [4.78, 5) is 30.8. The van der Waals surface area contributed by atoms with Crippen LogP contribution in [0.4, 0.5) is 11.5 Å². The molecule has 0 radical (unpaired) electrons. The molecule has 0 bridgehead atoms. The standard InChI is InChI=1S/C18H15ClN4O4/c19-13-1-3-15-12(9-13)10-16(27-15)18(24)22-7-5-21(6-8-22)17-4-2-14(11-20-17)23(25)26/h1-4,9-11H,5-8H2. The Bertz CT molecular complexity index is 1010. The Morgan fingerprint density at radius 2 is 1.93 bits per heavy atom. The first-order valence-electron chi connectivity index (χ1n) is 8.35. The number of anilines is 1. The zero-order valence-corrected chi connectivity index (χ0v) is 14.9. The van der Waals surface area contributed by atoms with Crippen LogP contribution in [0.1, 0.15) is 10.6 Å². The van der Waals surface area contributed by atoms with Gasteiger partial charge in [-0.05, 0) is 30.3 Å². The summed E-state index contributed by atoms with van der Waals surface area (Å²) in [5, 5.41) is 12.1. The molecule has 138 valence electrons. The second-order valence-electron chi connectivity index (χ2n) is 6.20. The fourth-order valence-electron chi connectivity index (χ4n) is 3.09. The van der Waals surface area contributed by atoms with Crippen molar-refractivity contribution in [2.75, 3.05) is 31.1 Å². The van der Waals surface area contributed by atoms with Crippen molar-refractivity contribution in [3.63, 3.8) is 0 Å². The van der Waals surface area contributed by atoms with Gasteiger partial charge in [0.25, 0.3) is 11.6 Å². The smallest absolute Gasteiger partial charge is 0.289 e. The highest BCUT2D eigenvalue weighted by atomic mass is 35.5. The number of pyridine rings is 1. The molecule has 0 atom stereocenters. The molecule has 1 saturated heterocycles. The molecule has 3 aromatic rings. The molecule has 0 N–H and O–H groups in total. The minimum Gasteiger partial charge on any atom is -0.451 e. The summed E-state index contributed by atoms with van der Waals surface area (Å²) in [6.07, 6.45) is 1.24. The maximum Gasteiger partial charge on any atom is 0.289 e. The number of hydrogen-bond donors (Lipinski definition) is 0. The zero-order valence-electron chi connectivity index (χ0n) is 14.2. The van der Waals surface area contributed by atoms with Crippen molar-refractivity contribution >= 4 is 40.0 Å². The van der Waals surface area contributed by atoms with E-state index in [9.17, 15) is 14.9 Å². The Hall–Kier alpha value is -3.13. The van der Waals surface area contributed by atoms with Crippen LogP contribution in [0.3, 0.4) is 0 Å². The number of rotatable bonds is 3. The molecule has 8 nitrogen and oxygen atoms in total. The van der Waals surface area contributed by atoms with Crippen LogP contribution in [0.15, 0.2) is 47.0 Å². The van der Waals surface area contributed by atoms with E-state index in [4.69, 9.17) is 16.0 Å². The van der Waals surface area contributed by atoms with Crippen molar-refractivity contribution in [1.29, 1.82) is 0 Å². The fourth-order valence-corrected chi connectivity index (χ4v) is 3.27. The van der Waals surface area contributed by atoms with E-state index in [2.05, 4.69) is 4.98 Å². The SMILES string of the molecule is O=C(c1cc2cc(Cl)ccc2o1)N1CCN(c2ccc([N+](=O)[O-])cn2)CC1. The molecule has 0 aliphatic carbocycles. The zero-order chi connectivity index (χ0) is 19.0. The first-order valence-corrected chi connectivity index (χ1v) is 8.73. The van der Waals surface area contributed by atoms with E-state index in [0.717, 1.165) is 5.39 Å². The largest absolute Gasteiger partial charge is 0.451 e. The molecule has 1 amide bonds. The van der Waals surface area contributed by atoms with E-state index in [-0.39, 0.29) is 17.4 Å². The fraction of sp³-hybridized carbons (Fsp3) is 0.222. The Morgan fingerprint density at radius 3 is 2.59 bits per heavy atom. The third-order valence-electron chi connectivity index (χ3n) is 4.52. The summed E-state index contributed by atoms with van der Waals surface area (Å²) in [7, 11) is 0. The lowest BCUT2D eigenvalue weighted by Crippen LogP contribution is -2.49. The second kappa shape index (κ2) is 6.88. The molecule has 1 fully saturated rings. The van der Waals surface area contributed by atoms with Gasteiger partial charge in [0.15, 0.2) is 5.76 Å². The van der Waals surface area contributed by atoms with Crippen molar-refractivity contribution in [3.05, 3.63) is 63.5 Å². The van der Waals surface area contributed by atoms with Crippen LogP contribution < -0.4 is 4.90 Å². The summed E-state index contributed by atoms with van der Waals surface area (Å²) >= 11 is 5.97. The maximum atomic E-state index is 12.7. The Morgan fingerprint density at radius 1 is 1.15 bits per heavy atom. The Labute approximate surface area is 159 Å². The van der Waals surface area contributed by atoms with Crippen molar-refractivity contribution < 1.29 is 14.1 Å². The first kappa shape index (κ1) is 17.3. The third kappa shape index (κ3) is 3.43. The van der Waals surface area contributed by atoms with Gasteiger partial charge in [-0.3, -0.25) is 14.9 Å². The number of benzene rings is 1. The molecule has 1 aromatic carbocycles. The predicted octanol–water partition coefficient (Wildman–Crippen LogP) is 3.35. The highest BCUT2D eigenvalue weighted by Crippen LogP contribution is 2.24. The molecular formula is C18H15ClN4O4. The van der Waals surface area contributed by atoms with Gasteiger partial charge in [0.2, 0.25) is 0 Å². The van der Waals surface area contributed by atoms with Gasteiger partial charge in [0, 0.05) is 42.7 Å². The van der Waals surface area contributed by atoms with Gasteiger partial charge in [-0.25, -0.2) is 4.98 Å². The van der Waals surface area contributed by atoms with Crippen LogP contribution in [-0.4, -0.2) is 46.9 Å². The van der Waals surface area contributed by atoms with Crippen molar-refractivity contribution in [2.45, 2.75) is 0 Å². The van der Waals surface area contributed by atoms with Gasteiger partial charge in [0.05, 0.1) is 4.92 Å². The van der Waals surface area contributed by atoms with Crippen LogP contribution >= 0.6 is 11.6 Å². The van der Waals surface area contributed by atoms with Crippen LogP contribution in [0, 0.1) is 10.1 Å². The third-order valence-corrected chi connectivity index (χ3v) is 4.76. The Balaban J connectivity index is 1.43. The van der Waals surface area contributed by atoms with Crippen molar-refractivity contribution in [1.82, 2.24) is 9.88 Å². The lowest BCUT2D eigenvalue weighted by molar-refractivity contribution is -0.385. The molecule has 1 aliphatic heterocycles. The lowest BCUT2D eigenvalue weighted by atomic mass is 10.2. The number of fused-ring (bicyclic) bond motifs is 1. The number of furan rings is 1. The van der Waals surface area contributed by atoms with Gasteiger partial charge in [-0.15, -0.1) is 0 Å². The number of carbonyl (C=O) groups is 1. The molecule has 9 heteroatoms. The van der Waals surface area contributed by atoms with E-state index in [0.29, 0.717) is 42.6 Å². The van der Waals surface area contributed by atoms with Crippen molar-refractivity contribution in [3.8, 4) is 0 Å². The number of nitrogens with zero attached hydrogens (tertiary/aromatic N) is 4. The molecule has 0 spiro atoms. The number of carbonyl (C=O) groups excluding carboxylic acids is 1. The minimum absolute atomic E-state index is 0.0439.